The van der Waals surface area contributed by atoms with E-state index in [1.807, 2.05) is 0 Å². The van der Waals surface area contributed by atoms with Gasteiger partial charge in [0.15, 0.2) is 0 Å². The smallest absolute Gasteiger partial charge is 0.00187 e. The van der Waals surface area contributed by atoms with Crippen LogP contribution < -0.4 is 5.32 Å². The third-order valence-electron chi connectivity index (χ3n) is 3.08. The molecule has 0 spiro atoms. The van der Waals surface area contributed by atoms with Gasteiger partial charge in [0.25, 0.3) is 0 Å². The second-order valence-corrected chi connectivity index (χ2v) is 5.01. The lowest BCUT2D eigenvalue weighted by Crippen LogP contribution is -2.26. The maximum absolute atomic E-state index is 3.46. The molecule has 0 aliphatic heterocycles. The highest BCUT2D eigenvalue weighted by Crippen LogP contribution is 2.03. The number of hydrogen-bond donors (Lipinski definition) is 1. The van der Waals surface area contributed by atoms with Gasteiger partial charge in [0, 0.05) is 0 Å². The average Bonchev–Trinajstić information content (AvgIpc) is 2.33. The molecule has 0 bridgehead atoms. The van der Waals surface area contributed by atoms with Crippen molar-refractivity contribution in [1.82, 2.24) is 10.2 Å². The minimum atomic E-state index is 1.18. The minimum absolute atomic E-state index is 1.18. The highest BCUT2D eigenvalue weighted by atomic mass is 15.1. The molecule has 0 rings (SSSR count). The zero-order chi connectivity index (χ0) is 12.8. The maximum Gasteiger partial charge on any atom is -0.00187 e. The largest absolute Gasteiger partial charge is 0.317 e. The fraction of sp³-hybridized carbons (Fsp3) is 1.00. The van der Waals surface area contributed by atoms with Crippen molar-refractivity contribution in [3.8, 4) is 0 Å². The fourth-order valence-corrected chi connectivity index (χ4v) is 2.21. The van der Waals surface area contributed by atoms with Crippen LogP contribution in [0.2, 0.25) is 0 Å². The first kappa shape index (κ1) is 16.9. The number of nitrogens with one attached hydrogen (secondary N) is 1. The van der Waals surface area contributed by atoms with Gasteiger partial charge >= 0.3 is 0 Å². The van der Waals surface area contributed by atoms with Crippen LogP contribution in [0.4, 0.5) is 0 Å². The first-order chi connectivity index (χ1) is 8.35. The summed E-state index contributed by atoms with van der Waals surface area (Å²) < 4.78 is 0. The Hall–Kier alpha value is -0.0800. The van der Waals surface area contributed by atoms with Gasteiger partial charge in [-0.25, -0.2) is 0 Å². The van der Waals surface area contributed by atoms with Crippen molar-refractivity contribution in [2.24, 2.45) is 0 Å². The maximum atomic E-state index is 3.46. The lowest BCUT2D eigenvalue weighted by molar-refractivity contribution is 0.268. The molecule has 0 aliphatic carbocycles. The predicted molar refractivity (Wildman–Crippen MR) is 78.7 cm³/mol. The minimum Gasteiger partial charge on any atom is -0.317 e. The molecule has 0 fully saturated rings. The van der Waals surface area contributed by atoms with Crippen LogP contribution in [0.5, 0.6) is 0 Å². The first-order valence-electron chi connectivity index (χ1n) is 7.78. The molecular weight excluding hydrogens is 208 g/mol. The van der Waals surface area contributed by atoms with E-state index in [9.17, 15) is 0 Å². The highest BCUT2D eigenvalue weighted by Gasteiger charge is 2.01. The molecule has 0 aromatic carbocycles. The van der Waals surface area contributed by atoms with Crippen molar-refractivity contribution >= 4 is 0 Å². The van der Waals surface area contributed by atoms with E-state index in [1.165, 1.54) is 77.7 Å². The average molecular weight is 242 g/mol. The quantitative estimate of drug-likeness (QED) is 0.496. The Labute approximate surface area is 109 Å². The summed E-state index contributed by atoms with van der Waals surface area (Å²) in [5.74, 6) is 0. The molecule has 0 aliphatic rings. The van der Waals surface area contributed by atoms with E-state index in [0.717, 1.165) is 0 Å². The summed E-state index contributed by atoms with van der Waals surface area (Å²) in [6.45, 7) is 13.1. The van der Waals surface area contributed by atoms with Crippen molar-refractivity contribution in [3.05, 3.63) is 0 Å². The van der Waals surface area contributed by atoms with Crippen LogP contribution in [0.3, 0.4) is 0 Å². The van der Waals surface area contributed by atoms with Gasteiger partial charge in [0.2, 0.25) is 0 Å². The number of nitrogens with zero attached hydrogens (tertiary/aromatic N) is 1. The van der Waals surface area contributed by atoms with Gasteiger partial charge in [-0.15, -0.1) is 0 Å². The topological polar surface area (TPSA) is 15.3 Å². The van der Waals surface area contributed by atoms with Gasteiger partial charge in [-0.2, -0.15) is 0 Å². The fourth-order valence-electron chi connectivity index (χ4n) is 2.21. The summed E-state index contributed by atoms with van der Waals surface area (Å²) in [5.41, 5.74) is 0. The molecule has 0 amide bonds. The third kappa shape index (κ3) is 12.2. The van der Waals surface area contributed by atoms with Gasteiger partial charge in [-0.3, -0.25) is 0 Å². The molecule has 2 nitrogen and oxygen atoms in total. The lowest BCUT2D eigenvalue weighted by atomic mass is 10.2. The van der Waals surface area contributed by atoms with Gasteiger partial charge in [-0.1, -0.05) is 33.6 Å². The Balaban J connectivity index is 3.23. The van der Waals surface area contributed by atoms with E-state index >= 15 is 0 Å². The molecule has 0 aromatic heterocycles. The molecule has 104 valence electrons. The first-order valence-corrected chi connectivity index (χ1v) is 7.78. The highest BCUT2D eigenvalue weighted by molar-refractivity contribution is 4.57. The van der Waals surface area contributed by atoms with E-state index in [0.29, 0.717) is 0 Å². The van der Waals surface area contributed by atoms with E-state index < -0.39 is 0 Å². The molecule has 0 atom stereocenters. The number of hydrogen-bond acceptors (Lipinski definition) is 2. The second kappa shape index (κ2) is 14.0. The molecule has 2 heteroatoms. The Bertz CT molecular complexity index is 131. The van der Waals surface area contributed by atoms with Gasteiger partial charge < -0.3 is 10.2 Å². The molecule has 0 saturated carbocycles. The standard InChI is InChI=1S/C15H34N2/c1-4-11-16-12-9-7-8-10-15-17(13-5-2)14-6-3/h16H,4-15H2,1-3H3. The van der Waals surface area contributed by atoms with Crippen molar-refractivity contribution < 1.29 is 0 Å². The van der Waals surface area contributed by atoms with Crippen LogP contribution in [0, 0.1) is 0 Å². The van der Waals surface area contributed by atoms with Crippen LogP contribution in [0.25, 0.3) is 0 Å². The number of rotatable bonds is 13. The third-order valence-corrected chi connectivity index (χ3v) is 3.08. The lowest BCUT2D eigenvalue weighted by Gasteiger charge is -2.20. The predicted octanol–water partition coefficient (Wildman–Crippen LogP) is 3.67. The summed E-state index contributed by atoms with van der Waals surface area (Å²) in [5, 5.41) is 3.46. The second-order valence-electron chi connectivity index (χ2n) is 5.01. The van der Waals surface area contributed by atoms with Crippen LogP contribution >= 0.6 is 0 Å². The monoisotopic (exact) mass is 242 g/mol. The van der Waals surface area contributed by atoms with Crippen molar-refractivity contribution in [3.63, 3.8) is 0 Å². The van der Waals surface area contributed by atoms with Crippen LogP contribution in [-0.2, 0) is 0 Å². The zero-order valence-corrected chi connectivity index (χ0v) is 12.4. The van der Waals surface area contributed by atoms with E-state index in [4.69, 9.17) is 0 Å². The summed E-state index contributed by atoms with van der Waals surface area (Å²) in [4.78, 5) is 2.62. The van der Waals surface area contributed by atoms with Crippen molar-refractivity contribution in [2.75, 3.05) is 32.7 Å². The van der Waals surface area contributed by atoms with Gasteiger partial charge in [-0.05, 0) is 64.8 Å². The van der Waals surface area contributed by atoms with Gasteiger partial charge in [0.05, 0.1) is 0 Å². The van der Waals surface area contributed by atoms with Gasteiger partial charge in [0.1, 0.15) is 0 Å². The zero-order valence-electron chi connectivity index (χ0n) is 12.4. The van der Waals surface area contributed by atoms with Crippen LogP contribution in [0.1, 0.15) is 65.7 Å². The Morgan fingerprint density at radius 3 is 1.88 bits per heavy atom. The molecule has 0 heterocycles. The van der Waals surface area contributed by atoms with E-state index in [-0.39, 0.29) is 0 Å². The molecular formula is C15H34N2. The van der Waals surface area contributed by atoms with Crippen LogP contribution in [0.15, 0.2) is 0 Å². The van der Waals surface area contributed by atoms with E-state index in [1.54, 1.807) is 0 Å². The normalized spacial score (nSPS) is 11.3. The molecule has 0 radical (unpaired) electrons. The SMILES string of the molecule is CCCNCCCCCCN(CCC)CCC. The molecule has 0 aromatic rings. The van der Waals surface area contributed by atoms with E-state index in [2.05, 4.69) is 31.0 Å². The molecule has 0 unspecified atom stereocenters. The Morgan fingerprint density at radius 2 is 1.29 bits per heavy atom. The summed E-state index contributed by atoms with van der Waals surface area (Å²) in [6, 6.07) is 0. The van der Waals surface area contributed by atoms with Crippen LogP contribution in [-0.4, -0.2) is 37.6 Å². The number of unbranched alkanes of at least 4 members (excludes halogenated alkanes) is 3. The Morgan fingerprint density at radius 1 is 0.647 bits per heavy atom. The summed E-state index contributed by atoms with van der Waals surface area (Å²) in [7, 11) is 0. The molecule has 0 saturated heterocycles. The molecule has 1 N–H and O–H groups in total. The molecule has 17 heavy (non-hydrogen) atoms. The Kier molecular flexibility index (Phi) is 13.9. The van der Waals surface area contributed by atoms with Crippen molar-refractivity contribution in [2.45, 2.75) is 65.7 Å². The summed E-state index contributed by atoms with van der Waals surface area (Å²) in [6.07, 6.45) is 9.36. The summed E-state index contributed by atoms with van der Waals surface area (Å²) >= 11 is 0. The van der Waals surface area contributed by atoms with Crippen molar-refractivity contribution in [1.29, 1.82) is 0 Å².